The van der Waals surface area contributed by atoms with Gasteiger partial charge >= 0.3 is 5.97 Å². The van der Waals surface area contributed by atoms with E-state index in [1.54, 1.807) is 25.1 Å². The Hall–Kier alpha value is -3.02. The molecule has 0 radical (unpaired) electrons. The Morgan fingerprint density at radius 2 is 1.92 bits per heavy atom. The number of rotatable bonds is 3. The molecule has 6 heteroatoms. The summed E-state index contributed by atoms with van der Waals surface area (Å²) in [7, 11) is 0. The van der Waals surface area contributed by atoms with Crippen LogP contribution in [0.25, 0.3) is 22.8 Å². The van der Waals surface area contributed by atoms with E-state index in [4.69, 9.17) is 4.52 Å². The molecule has 0 bridgehead atoms. The zero-order valence-electron chi connectivity index (χ0n) is 13.4. The summed E-state index contributed by atoms with van der Waals surface area (Å²) < 4.78 is 19.3. The average molecular weight is 326 g/mol. The Bertz CT molecular complexity index is 927. The first-order valence-corrected chi connectivity index (χ1v) is 7.32. The van der Waals surface area contributed by atoms with Crippen molar-refractivity contribution in [3.63, 3.8) is 0 Å². The Labute approximate surface area is 137 Å². The third-order valence-electron chi connectivity index (χ3n) is 4.02. The zero-order valence-corrected chi connectivity index (χ0v) is 13.4. The maximum atomic E-state index is 14.1. The minimum absolute atomic E-state index is 0.0679. The fourth-order valence-corrected chi connectivity index (χ4v) is 2.55. The SMILES string of the molecule is Cc1cc(C(=O)O)cc(-c2noc(-c3c(C)cccc3F)n2)c1C. The summed E-state index contributed by atoms with van der Waals surface area (Å²) in [4.78, 5) is 15.5. The molecule has 3 aromatic rings. The van der Waals surface area contributed by atoms with Crippen LogP contribution in [0.15, 0.2) is 34.9 Å². The summed E-state index contributed by atoms with van der Waals surface area (Å²) in [5.74, 6) is -1.18. The lowest BCUT2D eigenvalue weighted by molar-refractivity contribution is 0.0697. The summed E-state index contributed by atoms with van der Waals surface area (Å²) in [6.07, 6.45) is 0. The largest absolute Gasteiger partial charge is 0.478 e. The number of carbonyl (C=O) groups is 1. The Kier molecular flexibility index (Phi) is 3.89. The van der Waals surface area contributed by atoms with Crippen LogP contribution in [0.1, 0.15) is 27.0 Å². The molecule has 0 saturated carbocycles. The van der Waals surface area contributed by atoms with E-state index < -0.39 is 11.8 Å². The van der Waals surface area contributed by atoms with Crippen molar-refractivity contribution >= 4 is 5.97 Å². The van der Waals surface area contributed by atoms with Crippen molar-refractivity contribution < 1.29 is 18.8 Å². The highest BCUT2D eigenvalue weighted by Crippen LogP contribution is 2.30. The number of carboxylic acid groups (broad SMARTS) is 1. The first kappa shape index (κ1) is 15.9. The number of nitrogens with zero attached hydrogens (tertiary/aromatic N) is 2. The number of carboxylic acids is 1. The molecule has 0 aliphatic heterocycles. The number of hydrogen-bond acceptors (Lipinski definition) is 4. The van der Waals surface area contributed by atoms with Gasteiger partial charge in [0.1, 0.15) is 5.82 Å². The van der Waals surface area contributed by atoms with Gasteiger partial charge in [0, 0.05) is 5.56 Å². The van der Waals surface area contributed by atoms with Crippen molar-refractivity contribution in [1.82, 2.24) is 10.1 Å². The molecule has 0 saturated heterocycles. The summed E-state index contributed by atoms with van der Waals surface area (Å²) >= 11 is 0. The van der Waals surface area contributed by atoms with E-state index >= 15 is 0 Å². The third-order valence-corrected chi connectivity index (χ3v) is 4.02. The minimum Gasteiger partial charge on any atom is -0.478 e. The molecule has 2 aromatic carbocycles. The monoisotopic (exact) mass is 326 g/mol. The van der Waals surface area contributed by atoms with Crippen LogP contribution in [0.4, 0.5) is 4.39 Å². The van der Waals surface area contributed by atoms with E-state index in [2.05, 4.69) is 10.1 Å². The van der Waals surface area contributed by atoms with Gasteiger partial charge in [-0.3, -0.25) is 0 Å². The lowest BCUT2D eigenvalue weighted by Gasteiger charge is -2.07. The molecule has 1 aromatic heterocycles. The normalized spacial score (nSPS) is 10.8. The molecule has 122 valence electrons. The van der Waals surface area contributed by atoms with E-state index in [1.807, 2.05) is 13.8 Å². The fourth-order valence-electron chi connectivity index (χ4n) is 2.55. The topological polar surface area (TPSA) is 76.2 Å². The molecule has 0 aliphatic rings. The maximum Gasteiger partial charge on any atom is 0.335 e. The van der Waals surface area contributed by atoms with Gasteiger partial charge in [-0.25, -0.2) is 9.18 Å². The van der Waals surface area contributed by atoms with E-state index in [0.717, 1.165) is 11.1 Å². The van der Waals surface area contributed by atoms with Crippen molar-refractivity contribution in [2.45, 2.75) is 20.8 Å². The predicted octanol–water partition coefficient (Wildman–Crippen LogP) is 4.17. The highest BCUT2D eigenvalue weighted by molar-refractivity contribution is 5.90. The van der Waals surface area contributed by atoms with Crippen molar-refractivity contribution in [2.75, 3.05) is 0 Å². The van der Waals surface area contributed by atoms with Crippen molar-refractivity contribution in [3.05, 3.63) is 58.4 Å². The van der Waals surface area contributed by atoms with Gasteiger partial charge in [-0.15, -0.1) is 0 Å². The molecule has 0 fully saturated rings. The lowest BCUT2D eigenvalue weighted by atomic mass is 9.99. The van der Waals surface area contributed by atoms with E-state index in [1.165, 1.54) is 12.1 Å². The maximum absolute atomic E-state index is 14.1. The number of benzene rings is 2. The molecule has 0 amide bonds. The van der Waals surface area contributed by atoms with Gasteiger partial charge < -0.3 is 9.63 Å². The second kappa shape index (κ2) is 5.88. The van der Waals surface area contributed by atoms with Crippen molar-refractivity contribution in [1.29, 1.82) is 0 Å². The van der Waals surface area contributed by atoms with Crippen LogP contribution in [0.3, 0.4) is 0 Å². The second-order valence-electron chi connectivity index (χ2n) is 5.63. The highest BCUT2D eigenvalue weighted by atomic mass is 19.1. The lowest BCUT2D eigenvalue weighted by Crippen LogP contribution is -2.00. The van der Waals surface area contributed by atoms with Crippen LogP contribution < -0.4 is 0 Å². The van der Waals surface area contributed by atoms with Crippen LogP contribution in [-0.2, 0) is 0 Å². The second-order valence-corrected chi connectivity index (χ2v) is 5.63. The van der Waals surface area contributed by atoms with Crippen molar-refractivity contribution in [3.8, 4) is 22.8 Å². The van der Waals surface area contributed by atoms with Crippen LogP contribution in [0.2, 0.25) is 0 Å². The molecular formula is C18H15FN2O3. The molecule has 0 spiro atoms. The van der Waals surface area contributed by atoms with Gasteiger partial charge in [-0.1, -0.05) is 17.3 Å². The molecule has 1 N–H and O–H groups in total. The minimum atomic E-state index is -1.03. The van der Waals surface area contributed by atoms with Gasteiger partial charge in [0.15, 0.2) is 0 Å². The summed E-state index contributed by atoms with van der Waals surface area (Å²) in [6, 6.07) is 7.77. The summed E-state index contributed by atoms with van der Waals surface area (Å²) in [6.45, 7) is 5.41. The van der Waals surface area contributed by atoms with Crippen LogP contribution in [0.5, 0.6) is 0 Å². The molecule has 1 heterocycles. The van der Waals surface area contributed by atoms with Crippen LogP contribution >= 0.6 is 0 Å². The smallest absolute Gasteiger partial charge is 0.335 e. The molecule has 5 nitrogen and oxygen atoms in total. The van der Waals surface area contributed by atoms with Gasteiger partial charge in [0.2, 0.25) is 5.82 Å². The number of hydrogen-bond donors (Lipinski definition) is 1. The zero-order chi connectivity index (χ0) is 17.4. The summed E-state index contributed by atoms with van der Waals surface area (Å²) in [5, 5.41) is 13.1. The first-order chi connectivity index (χ1) is 11.4. The quantitative estimate of drug-likeness (QED) is 0.782. The molecular weight excluding hydrogens is 311 g/mol. The van der Waals surface area contributed by atoms with Crippen LogP contribution in [-0.4, -0.2) is 21.2 Å². The molecule has 0 aliphatic carbocycles. The standard InChI is InChI=1S/C18H15FN2O3/c1-9-5-4-6-14(19)15(9)17-20-16(21-24-17)13-8-12(18(22)23)7-10(2)11(13)3/h4-8H,1-3H3,(H,22,23). The Morgan fingerprint density at radius 1 is 1.17 bits per heavy atom. The first-order valence-electron chi connectivity index (χ1n) is 7.32. The number of aryl methyl sites for hydroxylation is 2. The summed E-state index contributed by atoms with van der Waals surface area (Å²) in [5.41, 5.74) is 3.27. The van der Waals surface area contributed by atoms with Gasteiger partial charge in [0.05, 0.1) is 11.1 Å². The van der Waals surface area contributed by atoms with Crippen molar-refractivity contribution in [2.24, 2.45) is 0 Å². The molecule has 0 unspecified atom stereocenters. The van der Waals surface area contributed by atoms with Gasteiger partial charge in [0.25, 0.3) is 5.89 Å². The van der Waals surface area contributed by atoms with E-state index in [9.17, 15) is 14.3 Å². The van der Waals surface area contributed by atoms with E-state index in [-0.39, 0.29) is 22.8 Å². The number of aromatic carboxylic acids is 1. The third kappa shape index (κ3) is 2.67. The molecule has 24 heavy (non-hydrogen) atoms. The van der Waals surface area contributed by atoms with Gasteiger partial charge in [-0.05, 0) is 55.7 Å². The Balaban J connectivity index is 2.14. The average Bonchev–Trinajstić information content (AvgIpc) is 2.98. The molecule has 0 atom stereocenters. The molecule has 3 rings (SSSR count). The fraction of sp³-hybridized carbons (Fsp3) is 0.167. The Morgan fingerprint density at radius 3 is 2.58 bits per heavy atom. The van der Waals surface area contributed by atoms with Gasteiger partial charge in [-0.2, -0.15) is 4.98 Å². The highest BCUT2D eigenvalue weighted by Gasteiger charge is 2.19. The number of halogens is 1. The predicted molar refractivity (Wildman–Crippen MR) is 86.3 cm³/mol. The van der Waals surface area contributed by atoms with Crippen LogP contribution in [0, 0.1) is 26.6 Å². The van der Waals surface area contributed by atoms with E-state index in [0.29, 0.717) is 11.1 Å². The number of aromatic nitrogens is 2.